The van der Waals surface area contributed by atoms with Crippen LogP contribution in [0.2, 0.25) is 5.02 Å². The molecular weight excluding hydrogens is 532 g/mol. The molecule has 0 bridgehead atoms. The quantitative estimate of drug-likeness (QED) is 0.286. The third kappa shape index (κ3) is 5.60. The molecule has 0 amide bonds. The summed E-state index contributed by atoms with van der Waals surface area (Å²) in [5, 5.41) is 0.555. The standard InChI is InChI=1S/C31H27ClN2O4S/c1-4-37-30(36)26-27(21-10-6-5-7-11-21)33-31-34(28(26)22-13-15-23(32)16-14-22)29(35)25(39-31)18-20-9-8-12-24(17-20)38-19(2)3/h5-19,28H,4H2,1-3H3/b25-18-/t28-/m1/s1. The number of halogens is 1. The number of aromatic nitrogens is 1. The summed E-state index contributed by atoms with van der Waals surface area (Å²) < 4.78 is 13.4. The van der Waals surface area contributed by atoms with Gasteiger partial charge in [0.1, 0.15) is 5.75 Å². The molecule has 4 aromatic rings. The molecule has 1 aliphatic heterocycles. The number of rotatable bonds is 7. The van der Waals surface area contributed by atoms with Gasteiger partial charge in [-0.3, -0.25) is 9.36 Å². The third-order valence-electron chi connectivity index (χ3n) is 6.09. The SMILES string of the molecule is CCOC(=O)C1=C(c2ccccc2)N=c2s/c(=C\c3cccc(OC(C)C)c3)c(=O)n2[C@@H]1c1ccc(Cl)cc1. The van der Waals surface area contributed by atoms with E-state index in [1.807, 2.05) is 86.7 Å². The van der Waals surface area contributed by atoms with Crippen LogP contribution in [0, 0.1) is 0 Å². The molecule has 2 heterocycles. The summed E-state index contributed by atoms with van der Waals surface area (Å²) >= 11 is 7.47. The van der Waals surface area contributed by atoms with Gasteiger partial charge in [0, 0.05) is 10.6 Å². The number of hydrogen-bond acceptors (Lipinski definition) is 6. The first-order valence-corrected chi connectivity index (χ1v) is 13.9. The van der Waals surface area contributed by atoms with E-state index in [0.29, 0.717) is 25.6 Å². The van der Waals surface area contributed by atoms with E-state index in [-0.39, 0.29) is 18.3 Å². The molecule has 0 saturated carbocycles. The molecule has 0 fully saturated rings. The molecule has 198 valence electrons. The fourth-order valence-corrected chi connectivity index (χ4v) is 5.63. The number of esters is 1. The predicted octanol–water partition coefficient (Wildman–Crippen LogP) is 5.38. The predicted molar refractivity (Wildman–Crippen MR) is 155 cm³/mol. The van der Waals surface area contributed by atoms with E-state index in [9.17, 15) is 9.59 Å². The maximum absolute atomic E-state index is 14.0. The lowest BCUT2D eigenvalue weighted by molar-refractivity contribution is -0.138. The van der Waals surface area contributed by atoms with Crippen molar-refractivity contribution in [3.8, 4) is 5.75 Å². The van der Waals surface area contributed by atoms with Crippen LogP contribution < -0.4 is 19.6 Å². The highest BCUT2D eigenvalue weighted by molar-refractivity contribution is 7.07. The zero-order valence-corrected chi connectivity index (χ0v) is 23.3. The van der Waals surface area contributed by atoms with Crippen LogP contribution in [0.15, 0.2) is 94.2 Å². The van der Waals surface area contributed by atoms with Crippen molar-refractivity contribution in [3.05, 3.63) is 126 Å². The van der Waals surface area contributed by atoms with Gasteiger partial charge >= 0.3 is 5.97 Å². The summed E-state index contributed by atoms with van der Waals surface area (Å²) in [5.41, 5.74) is 2.85. The van der Waals surface area contributed by atoms with Gasteiger partial charge in [0.05, 0.1) is 34.6 Å². The van der Waals surface area contributed by atoms with Crippen molar-refractivity contribution in [2.45, 2.75) is 32.9 Å². The first kappa shape index (κ1) is 26.7. The minimum Gasteiger partial charge on any atom is -0.491 e. The van der Waals surface area contributed by atoms with Crippen molar-refractivity contribution in [3.63, 3.8) is 0 Å². The van der Waals surface area contributed by atoms with Crippen LogP contribution >= 0.6 is 22.9 Å². The van der Waals surface area contributed by atoms with Crippen LogP contribution in [-0.4, -0.2) is 23.2 Å². The minimum absolute atomic E-state index is 0.0302. The van der Waals surface area contributed by atoms with E-state index in [0.717, 1.165) is 22.4 Å². The van der Waals surface area contributed by atoms with Crippen molar-refractivity contribution in [1.82, 2.24) is 4.57 Å². The van der Waals surface area contributed by atoms with E-state index in [4.69, 9.17) is 26.1 Å². The van der Waals surface area contributed by atoms with Crippen LogP contribution in [0.25, 0.3) is 11.8 Å². The van der Waals surface area contributed by atoms with Gasteiger partial charge in [0.15, 0.2) is 4.80 Å². The van der Waals surface area contributed by atoms with Crippen LogP contribution in [0.5, 0.6) is 5.75 Å². The number of ether oxygens (including phenoxy) is 2. The van der Waals surface area contributed by atoms with Gasteiger partial charge in [-0.15, -0.1) is 0 Å². The molecule has 0 aliphatic carbocycles. The fraction of sp³-hybridized carbons (Fsp3) is 0.194. The van der Waals surface area contributed by atoms with Gasteiger partial charge in [0.25, 0.3) is 5.56 Å². The third-order valence-corrected chi connectivity index (χ3v) is 7.32. The van der Waals surface area contributed by atoms with Gasteiger partial charge in [0.2, 0.25) is 0 Å². The molecule has 1 aromatic heterocycles. The summed E-state index contributed by atoms with van der Waals surface area (Å²) in [6, 6.07) is 23.5. The Kier molecular flexibility index (Phi) is 7.82. The lowest BCUT2D eigenvalue weighted by Crippen LogP contribution is -2.40. The second kappa shape index (κ2) is 11.4. The van der Waals surface area contributed by atoms with Crippen molar-refractivity contribution in [2.75, 3.05) is 6.61 Å². The number of hydrogen-bond donors (Lipinski definition) is 0. The molecule has 6 nitrogen and oxygen atoms in total. The first-order valence-electron chi connectivity index (χ1n) is 12.7. The highest BCUT2D eigenvalue weighted by Gasteiger charge is 2.35. The van der Waals surface area contributed by atoms with E-state index >= 15 is 0 Å². The molecule has 0 unspecified atom stereocenters. The fourth-order valence-electron chi connectivity index (χ4n) is 4.50. The molecule has 1 atom stereocenters. The minimum atomic E-state index is -0.745. The summed E-state index contributed by atoms with van der Waals surface area (Å²) in [4.78, 5) is 32.8. The van der Waals surface area contributed by atoms with Crippen LogP contribution in [-0.2, 0) is 9.53 Å². The Hall–Kier alpha value is -3.94. The second-order valence-corrected chi connectivity index (χ2v) is 10.7. The number of nitrogens with zero attached hydrogens (tertiary/aromatic N) is 2. The molecule has 0 N–H and O–H groups in total. The molecule has 39 heavy (non-hydrogen) atoms. The molecule has 0 spiro atoms. The molecular formula is C31H27ClN2O4S. The summed E-state index contributed by atoms with van der Waals surface area (Å²) in [5.74, 6) is 0.203. The first-order chi connectivity index (χ1) is 18.9. The van der Waals surface area contributed by atoms with Gasteiger partial charge < -0.3 is 9.47 Å². The summed E-state index contributed by atoms with van der Waals surface area (Å²) in [6.45, 7) is 5.88. The molecule has 1 aliphatic rings. The number of fused-ring (bicyclic) bond motifs is 1. The van der Waals surface area contributed by atoms with Gasteiger partial charge in [-0.05, 0) is 62.2 Å². The Morgan fingerprint density at radius 1 is 1.08 bits per heavy atom. The number of thiazole rings is 1. The Labute approximate surface area is 235 Å². The number of benzene rings is 3. The monoisotopic (exact) mass is 558 g/mol. The Morgan fingerprint density at radius 3 is 2.51 bits per heavy atom. The lowest BCUT2D eigenvalue weighted by atomic mass is 9.93. The smallest absolute Gasteiger partial charge is 0.338 e. The van der Waals surface area contributed by atoms with Crippen molar-refractivity contribution in [1.29, 1.82) is 0 Å². The van der Waals surface area contributed by atoms with Gasteiger partial charge in [-0.1, -0.05) is 77.5 Å². The van der Waals surface area contributed by atoms with E-state index in [1.54, 1.807) is 23.6 Å². The molecule has 8 heteroatoms. The van der Waals surface area contributed by atoms with Crippen molar-refractivity contribution >= 4 is 40.7 Å². The maximum atomic E-state index is 14.0. The summed E-state index contributed by atoms with van der Waals surface area (Å²) in [7, 11) is 0. The van der Waals surface area contributed by atoms with Crippen LogP contribution in [0.1, 0.15) is 43.5 Å². The topological polar surface area (TPSA) is 69.9 Å². The normalized spacial score (nSPS) is 15.2. The molecule has 0 saturated heterocycles. The van der Waals surface area contributed by atoms with Crippen molar-refractivity contribution in [2.24, 2.45) is 4.99 Å². The Balaban J connectivity index is 1.77. The largest absolute Gasteiger partial charge is 0.491 e. The molecule has 3 aromatic carbocycles. The number of carbonyl (C=O) groups excluding carboxylic acids is 1. The highest BCUT2D eigenvalue weighted by atomic mass is 35.5. The second-order valence-electron chi connectivity index (χ2n) is 9.22. The van der Waals surface area contributed by atoms with Gasteiger partial charge in [-0.25, -0.2) is 9.79 Å². The lowest BCUT2D eigenvalue weighted by Gasteiger charge is -2.25. The average molecular weight is 559 g/mol. The van der Waals surface area contributed by atoms with E-state index in [2.05, 4.69) is 0 Å². The highest BCUT2D eigenvalue weighted by Crippen LogP contribution is 2.35. The Morgan fingerprint density at radius 2 is 1.82 bits per heavy atom. The Bertz CT molecular complexity index is 1720. The molecule has 0 radical (unpaired) electrons. The van der Waals surface area contributed by atoms with Crippen LogP contribution in [0.3, 0.4) is 0 Å². The maximum Gasteiger partial charge on any atom is 0.338 e. The van der Waals surface area contributed by atoms with Gasteiger partial charge in [-0.2, -0.15) is 0 Å². The average Bonchev–Trinajstić information content (AvgIpc) is 3.23. The van der Waals surface area contributed by atoms with E-state index in [1.165, 1.54) is 11.3 Å². The zero-order chi connectivity index (χ0) is 27.5. The molecule has 5 rings (SSSR count). The van der Waals surface area contributed by atoms with E-state index < -0.39 is 12.0 Å². The zero-order valence-electron chi connectivity index (χ0n) is 21.8. The van der Waals surface area contributed by atoms with Crippen LogP contribution in [0.4, 0.5) is 0 Å². The van der Waals surface area contributed by atoms with Crippen molar-refractivity contribution < 1.29 is 14.3 Å². The summed E-state index contributed by atoms with van der Waals surface area (Å²) in [6.07, 6.45) is 1.86. The number of carbonyl (C=O) groups is 1.